The summed E-state index contributed by atoms with van der Waals surface area (Å²) < 4.78 is 7.81. The number of rotatable bonds is 1. The Morgan fingerprint density at radius 2 is 1.93 bits per heavy atom. The third-order valence-electron chi connectivity index (χ3n) is 8.98. The molecule has 3 heteroatoms. The van der Waals surface area contributed by atoms with Gasteiger partial charge in [0.1, 0.15) is 6.26 Å². The van der Waals surface area contributed by atoms with E-state index in [0.717, 1.165) is 17.8 Å². The van der Waals surface area contributed by atoms with Crippen LogP contribution in [-0.4, -0.2) is 4.57 Å². The van der Waals surface area contributed by atoms with Gasteiger partial charge in [-0.3, -0.25) is 0 Å². The van der Waals surface area contributed by atoms with Crippen molar-refractivity contribution in [2.45, 2.75) is 58.8 Å². The molecule has 0 bridgehead atoms. The van der Waals surface area contributed by atoms with Crippen LogP contribution in [0.3, 0.4) is 0 Å². The van der Waals surface area contributed by atoms with E-state index in [1.807, 2.05) is 4.57 Å². The van der Waals surface area contributed by atoms with E-state index >= 15 is 0 Å². The normalized spacial score (nSPS) is 39.4. The molecule has 0 aromatic carbocycles. The SMILES string of the molecule is C[C@]12CC[CH-]CC1=CCC1C2CC[C@]2(C)C(c3ccc4ccon34)=CCC12.[Y]. The molecular formula is C25H30NOY-. The molecule has 2 saturated carbocycles. The number of fused-ring (bicyclic) bond motifs is 6. The molecule has 4 aliphatic carbocycles. The molecule has 0 spiro atoms. The molecule has 4 aliphatic rings. The number of hydrogen-bond donors (Lipinski definition) is 0. The third kappa shape index (κ3) is 2.46. The Morgan fingerprint density at radius 3 is 2.82 bits per heavy atom. The van der Waals surface area contributed by atoms with Gasteiger partial charge >= 0.3 is 0 Å². The molecule has 2 heterocycles. The van der Waals surface area contributed by atoms with Crippen LogP contribution in [0.4, 0.5) is 0 Å². The van der Waals surface area contributed by atoms with Crippen molar-refractivity contribution < 1.29 is 37.2 Å². The molecule has 2 fully saturated rings. The predicted octanol–water partition coefficient (Wildman–Crippen LogP) is 6.69. The minimum absolute atomic E-state index is 0. The molecule has 6 rings (SSSR count). The van der Waals surface area contributed by atoms with Crippen LogP contribution in [0, 0.1) is 35.0 Å². The van der Waals surface area contributed by atoms with E-state index < -0.39 is 0 Å². The Balaban J connectivity index is 0.00000171. The predicted molar refractivity (Wildman–Crippen MR) is 109 cm³/mol. The maximum atomic E-state index is 5.78. The van der Waals surface area contributed by atoms with Gasteiger partial charge < -0.3 is 10.9 Å². The largest absolute Gasteiger partial charge is 0.382 e. The summed E-state index contributed by atoms with van der Waals surface area (Å²) in [5.41, 5.74) is 6.51. The number of allylic oxidation sites excluding steroid dienone is 4. The van der Waals surface area contributed by atoms with Crippen LogP contribution in [0.25, 0.3) is 11.1 Å². The van der Waals surface area contributed by atoms with Crippen LogP contribution in [0.1, 0.15) is 64.5 Å². The number of aromatic nitrogens is 1. The van der Waals surface area contributed by atoms with Gasteiger partial charge in [-0.05, 0) is 72.0 Å². The average Bonchev–Trinajstić information content (AvgIpc) is 3.35. The van der Waals surface area contributed by atoms with Crippen molar-refractivity contribution in [1.29, 1.82) is 0 Å². The standard InChI is InChI=1S/C25H30NO.Y/c1-24-14-4-3-5-17(24)6-8-19-20-9-10-22(25(20,2)15-12-21(19)24)23-11-7-18-13-16-27-26(18)23;/h3,6-7,10-11,13,16,19-21H,4-5,8-9,12,14-15H2,1-2H3;/q-1;/t19?,20?,21?,24-,25-;/m0./s1. The van der Waals surface area contributed by atoms with Crippen molar-refractivity contribution in [3.63, 3.8) is 0 Å². The molecular weight excluding hydrogens is 419 g/mol. The molecule has 0 aliphatic heterocycles. The van der Waals surface area contributed by atoms with Gasteiger partial charge in [-0.1, -0.05) is 38.0 Å². The average molecular weight is 449 g/mol. The summed E-state index contributed by atoms with van der Waals surface area (Å²) in [5, 5.41) is 0. The molecule has 5 atom stereocenters. The topological polar surface area (TPSA) is 17.6 Å². The molecule has 1 radical (unpaired) electrons. The molecule has 3 unspecified atom stereocenters. The molecule has 28 heavy (non-hydrogen) atoms. The molecule has 0 N–H and O–H groups in total. The van der Waals surface area contributed by atoms with Gasteiger partial charge in [0.2, 0.25) is 0 Å². The fraction of sp³-hybridized carbons (Fsp3) is 0.560. The molecule has 2 aromatic rings. The fourth-order valence-corrected chi connectivity index (χ4v) is 7.48. The van der Waals surface area contributed by atoms with E-state index in [1.165, 1.54) is 61.7 Å². The van der Waals surface area contributed by atoms with Gasteiger partial charge in [-0.2, -0.15) is 17.4 Å². The van der Waals surface area contributed by atoms with Gasteiger partial charge in [0.05, 0.1) is 11.2 Å². The molecule has 2 nitrogen and oxygen atoms in total. The maximum absolute atomic E-state index is 5.78. The van der Waals surface area contributed by atoms with E-state index in [-0.39, 0.29) is 32.7 Å². The van der Waals surface area contributed by atoms with Crippen molar-refractivity contribution in [3.8, 4) is 0 Å². The first-order chi connectivity index (χ1) is 13.1. The monoisotopic (exact) mass is 449 g/mol. The van der Waals surface area contributed by atoms with Gasteiger partial charge in [-0.25, -0.2) is 0 Å². The summed E-state index contributed by atoms with van der Waals surface area (Å²) in [4.78, 5) is 0. The quantitative estimate of drug-likeness (QED) is 0.350. The van der Waals surface area contributed by atoms with E-state index in [9.17, 15) is 0 Å². The number of nitrogens with zero attached hydrogens (tertiary/aromatic N) is 1. The summed E-state index contributed by atoms with van der Waals surface area (Å²) in [7, 11) is 0. The van der Waals surface area contributed by atoms with Crippen LogP contribution in [0.15, 0.2) is 46.7 Å². The Bertz CT molecular complexity index is 964. The summed E-state index contributed by atoms with van der Waals surface area (Å²) in [6, 6.07) is 6.52. The zero-order valence-electron chi connectivity index (χ0n) is 17.2. The van der Waals surface area contributed by atoms with E-state index in [2.05, 4.69) is 50.6 Å². The van der Waals surface area contributed by atoms with Crippen LogP contribution in [0.5, 0.6) is 0 Å². The van der Waals surface area contributed by atoms with Crippen molar-refractivity contribution in [3.05, 3.63) is 54.3 Å². The van der Waals surface area contributed by atoms with Crippen LogP contribution < -0.4 is 0 Å². The Morgan fingerprint density at radius 1 is 1.04 bits per heavy atom. The molecule has 145 valence electrons. The minimum atomic E-state index is 0. The Kier molecular flexibility index (Phi) is 4.64. The third-order valence-corrected chi connectivity index (χ3v) is 8.98. The van der Waals surface area contributed by atoms with Crippen molar-refractivity contribution in [1.82, 2.24) is 4.57 Å². The Labute approximate surface area is 193 Å². The smallest absolute Gasteiger partial charge is 0.122 e. The van der Waals surface area contributed by atoms with Crippen molar-refractivity contribution in [2.24, 2.45) is 28.6 Å². The second-order valence-electron chi connectivity index (χ2n) is 9.95. The second-order valence-corrected chi connectivity index (χ2v) is 9.95. The van der Waals surface area contributed by atoms with E-state index in [4.69, 9.17) is 4.52 Å². The summed E-state index contributed by atoms with van der Waals surface area (Å²) in [5.74, 6) is 2.51. The zero-order chi connectivity index (χ0) is 18.2. The number of hydrogen-bond acceptors (Lipinski definition) is 1. The molecule has 0 saturated heterocycles. The van der Waals surface area contributed by atoms with Gasteiger partial charge in [0.15, 0.2) is 0 Å². The first-order valence-corrected chi connectivity index (χ1v) is 10.9. The minimum Gasteiger partial charge on any atom is -0.382 e. The molecule has 2 aromatic heterocycles. The Hall–Kier alpha value is -0.596. The summed E-state index contributed by atoms with van der Waals surface area (Å²) in [6.07, 6.45) is 18.7. The fourth-order valence-electron chi connectivity index (χ4n) is 7.48. The maximum Gasteiger partial charge on any atom is 0.122 e. The van der Waals surface area contributed by atoms with Gasteiger partial charge in [0, 0.05) is 38.8 Å². The van der Waals surface area contributed by atoms with Crippen LogP contribution in [-0.2, 0) is 32.7 Å². The van der Waals surface area contributed by atoms with E-state index in [0.29, 0.717) is 10.8 Å². The van der Waals surface area contributed by atoms with Crippen LogP contribution in [0.2, 0.25) is 0 Å². The molecule has 0 amide bonds. The zero-order valence-corrected chi connectivity index (χ0v) is 20.0. The second kappa shape index (κ2) is 6.71. The van der Waals surface area contributed by atoms with Crippen LogP contribution >= 0.6 is 0 Å². The van der Waals surface area contributed by atoms with Gasteiger partial charge in [0.25, 0.3) is 0 Å². The first-order valence-electron chi connectivity index (χ1n) is 10.9. The van der Waals surface area contributed by atoms with Crippen molar-refractivity contribution in [2.75, 3.05) is 0 Å². The van der Waals surface area contributed by atoms with Gasteiger partial charge in [-0.15, -0.1) is 0 Å². The summed E-state index contributed by atoms with van der Waals surface area (Å²) in [6.45, 7) is 5.14. The van der Waals surface area contributed by atoms with Crippen molar-refractivity contribution >= 4 is 11.1 Å². The van der Waals surface area contributed by atoms with E-state index in [1.54, 1.807) is 11.8 Å². The first kappa shape index (κ1) is 19.4. The summed E-state index contributed by atoms with van der Waals surface area (Å²) >= 11 is 0.